The molecule has 0 radical (unpaired) electrons. The van der Waals surface area contributed by atoms with Gasteiger partial charge in [-0.05, 0) is 24.3 Å². The lowest BCUT2D eigenvalue weighted by Crippen LogP contribution is -2.37. The van der Waals surface area contributed by atoms with E-state index < -0.39 is 15.9 Å². The van der Waals surface area contributed by atoms with Gasteiger partial charge in [0.25, 0.3) is 0 Å². The van der Waals surface area contributed by atoms with Crippen molar-refractivity contribution in [2.24, 2.45) is 0 Å². The summed E-state index contributed by atoms with van der Waals surface area (Å²) >= 11 is 0. The van der Waals surface area contributed by atoms with Crippen LogP contribution in [-0.4, -0.2) is 41.3 Å². The molecule has 0 aliphatic rings. The number of hydrogen-bond donors (Lipinski definition) is 1. The highest BCUT2D eigenvalue weighted by molar-refractivity contribution is 7.92. The van der Waals surface area contributed by atoms with Crippen molar-refractivity contribution in [3.8, 4) is 11.5 Å². The van der Waals surface area contributed by atoms with E-state index >= 15 is 0 Å². The summed E-state index contributed by atoms with van der Waals surface area (Å²) in [5.74, 6) is 0.467. The zero-order valence-electron chi connectivity index (χ0n) is 14.2. The van der Waals surface area contributed by atoms with Crippen LogP contribution in [0.2, 0.25) is 0 Å². The summed E-state index contributed by atoms with van der Waals surface area (Å²) in [6, 6.07) is 13.4. The van der Waals surface area contributed by atoms with E-state index in [9.17, 15) is 13.2 Å². The summed E-state index contributed by atoms with van der Waals surface area (Å²) in [6.07, 6.45) is 1.04. The number of nitrogens with zero attached hydrogens (tertiary/aromatic N) is 1. The number of para-hydroxylation sites is 2. The van der Waals surface area contributed by atoms with E-state index in [0.717, 1.165) is 10.6 Å². The number of hydrogen-bond acceptors (Lipinski definition) is 5. The number of ether oxygens (including phenoxy) is 2. The average Bonchev–Trinajstić information content (AvgIpc) is 2.59. The first-order valence-corrected chi connectivity index (χ1v) is 9.24. The van der Waals surface area contributed by atoms with Crippen molar-refractivity contribution in [1.29, 1.82) is 0 Å². The van der Waals surface area contributed by atoms with E-state index in [2.05, 4.69) is 5.32 Å². The van der Waals surface area contributed by atoms with Gasteiger partial charge in [0.15, 0.2) is 0 Å². The Hall–Kier alpha value is -2.74. The summed E-state index contributed by atoms with van der Waals surface area (Å²) in [5, 5.41) is 2.66. The van der Waals surface area contributed by atoms with Gasteiger partial charge >= 0.3 is 0 Å². The summed E-state index contributed by atoms with van der Waals surface area (Å²) in [6.45, 7) is -0.379. The third-order valence-electron chi connectivity index (χ3n) is 3.39. The number of rotatable bonds is 7. The van der Waals surface area contributed by atoms with E-state index in [-0.39, 0.29) is 6.54 Å². The van der Waals surface area contributed by atoms with Gasteiger partial charge < -0.3 is 14.8 Å². The normalized spacial score (nSPS) is 10.8. The third kappa shape index (κ3) is 4.87. The number of anilines is 2. The van der Waals surface area contributed by atoms with Crippen molar-refractivity contribution in [1.82, 2.24) is 0 Å². The fraction of sp³-hybridized carbons (Fsp3) is 0.235. The van der Waals surface area contributed by atoms with Crippen molar-refractivity contribution in [3.05, 3.63) is 48.5 Å². The summed E-state index contributed by atoms with van der Waals surface area (Å²) in [4.78, 5) is 12.3. The first-order chi connectivity index (χ1) is 11.8. The minimum atomic E-state index is -3.68. The molecule has 2 aromatic rings. The van der Waals surface area contributed by atoms with Crippen LogP contribution >= 0.6 is 0 Å². The van der Waals surface area contributed by atoms with Gasteiger partial charge in [-0.1, -0.05) is 18.2 Å². The maximum atomic E-state index is 12.3. The van der Waals surface area contributed by atoms with Gasteiger partial charge in [0.2, 0.25) is 15.9 Å². The van der Waals surface area contributed by atoms with Gasteiger partial charge in [-0.15, -0.1) is 0 Å². The summed E-state index contributed by atoms with van der Waals surface area (Å²) in [7, 11) is -0.721. The lowest BCUT2D eigenvalue weighted by Gasteiger charge is -2.23. The quantitative estimate of drug-likeness (QED) is 0.813. The predicted octanol–water partition coefficient (Wildman–Crippen LogP) is 2.11. The molecule has 0 aliphatic heterocycles. The fourth-order valence-electron chi connectivity index (χ4n) is 2.25. The first-order valence-electron chi connectivity index (χ1n) is 7.40. The molecule has 2 rings (SSSR count). The Morgan fingerprint density at radius 3 is 2.44 bits per heavy atom. The van der Waals surface area contributed by atoms with Gasteiger partial charge in [-0.25, -0.2) is 8.42 Å². The topological polar surface area (TPSA) is 84.9 Å². The Balaban J connectivity index is 2.24. The van der Waals surface area contributed by atoms with E-state index in [0.29, 0.717) is 22.9 Å². The molecule has 2 aromatic carbocycles. The molecular formula is C17H20N2O5S. The molecule has 0 aromatic heterocycles. The van der Waals surface area contributed by atoms with Crippen LogP contribution in [0.15, 0.2) is 48.5 Å². The van der Waals surface area contributed by atoms with Crippen molar-refractivity contribution in [3.63, 3.8) is 0 Å². The number of amides is 1. The molecule has 0 saturated carbocycles. The highest BCUT2D eigenvalue weighted by atomic mass is 32.2. The summed E-state index contributed by atoms with van der Waals surface area (Å²) in [5.41, 5.74) is 0.811. The molecule has 0 spiro atoms. The molecule has 0 aliphatic carbocycles. The summed E-state index contributed by atoms with van der Waals surface area (Å²) < 4.78 is 35.6. The third-order valence-corrected chi connectivity index (χ3v) is 4.52. The van der Waals surface area contributed by atoms with E-state index in [1.54, 1.807) is 48.5 Å². The molecule has 1 N–H and O–H groups in total. The van der Waals surface area contributed by atoms with Crippen LogP contribution in [0.5, 0.6) is 11.5 Å². The largest absolute Gasteiger partial charge is 0.497 e. The molecule has 1 amide bonds. The Labute approximate surface area is 147 Å². The monoisotopic (exact) mass is 364 g/mol. The molecule has 134 valence electrons. The smallest absolute Gasteiger partial charge is 0.245 e. The number of methoxy groups -OCH3 is 2. The Morgan fingerprint density at radius 2 is 1.80 bits per heavy atom. The van der Waals surface area contributed by atoms with Crippen molar-refractivity contribution >= 4 is 27.3 Å². The van der Waals surface area contributed by atoms with Gasteiger partial charge in [-0.2, -0.15) is 0 Å². The van der Waals surface area contributed by atoms with E-state index in [1.165, 1.54) is 14.2 Å². The fourth-order valence-corrected chi connectivity index (χ4v) is 3.11. The minimum absolute atomic E-state index is 0.299. The second-order valence-corrected chi connectivity index (χ2v) is 7.13. The Kier molecular flexibility index (Phi) is 5.87. The molecule has 0 fully saturated rings. The van der Waals surface area contributed by atoms with Crippen molar-refractivity contribution in [2.45, 2.75) is 0 Å². The van der Waals surface area contributed by atoms with Gasteiger partial charge in [-0.3, -0.25) is 9.10 Å². The van der Waals surface area contributed by atoms with Crippen LogP contribution < -0.4 is 19.1 Å². The number of carbonyl (C=O) groups is 1. The zero-order chi connectivity index (χ0) is 18.4. The number of carbonyl (C=O) groups excluding carboxylic acids is 1. The van der Waals surface area contributed by atoms with Crippen molar-refractivity contribution in [2.75, 3.05) is 36.6 Å². The van der Waals surface area contributed by atoms with Gasteiger partial charge in [0.1, 0.15) is 18.0 Å². The molecule has 0 bridgehead atoms. The van der Waals surface area contributed by atoms with Crippen LogP contribution in [0, 0.1) is 0 Å². The lowest BCUT2D eigenvalue weighted by atomic mass is 10.3. The first kappa shape index (κ1) is 18.6. The zero-order valence-corrected chi connectivity index (χ0v) is 15.0. The van der Waals surface area contributed by atoms with Crippen molar-refractivity contribution < 1.29 is 22.7 Å². The molecule has 7 nitrogen and oxygen atoms in total. The molecule has 0 unspecified atom stereocenters. The molecule has 0 heterocycles. The average molecular weight is 364 g/mol. The Morgan fingerprint density at radius 1 is 1.08 bits per heavy atom. The van der Waals surface area contributed by atoms with Crippen LogP contribution in [0.3, 0.4) is 0 Å². The number of sulfonamides is 1. The highest BCUT2D eigenvalue weighted by Gasteiger charge is 2.23. The second-order valence-electron chi connectivity index (χ2n) is 5.22. The molecular weight excluding hydrogens is 344 g/mol. The van der Waals surface area contributed by atoms with Crippen LogP contribution in [0.4, 0.5) is 11.4 Å². The molecule has 8 heteroatoms. The standard InChI is InChI=1S/C17H20N2O5S/c1-23-14-8-6-7-13(11-14)18-17(20)12-19(25(3,21)22)15-9-4-5-10-16(15)24-2/h4-11H,12H2,1-3H3,(H,18,20). The Bertz CT molecular complexity index is 852. The lowest BCUT2D eigenvalue weighted by molar-refractivity contribution is -0.114. The highest BCUT2D eigenvalue weighted by Crippen LogP contribution is 2.29. The maximum absolute atomic E-state index is 12.3. The van der Waals surface area contributed by atoms with Crippen LogP contribution in [-0.2, 0) is 14.8 Å². The van der Waals surface area contributed by atoms with Gasteiger partial charge in [0, 0.05) is 11.8 Å². The van der Waals surface area contributed by atoms with Crippen LogP contribution in [0.25, 0.3) is 0 Å². The van der Waals surface area contributed by atoms with E-state index in [4.69, 9.17) is 9.47 Å². The molecule has 25 heavy (non-hydrogen) atoms. The minimum Gasteiger partial charge on any atom is -0.497 e. The number of benzene rings is 2. The maximum Gasteiger partial charge on any atom is 0.245 e. The van der Waals surface area contributed by atoms with Crippen LogP contribution in [0.1, 0.15) is 0 Å². The second kappa shape index (κ2) is 7.89. The van der Waals surface area contributed by atoms with Gasteiger partial charge in [0.05, 0.1) is 26.2 Å². The van der Waals surface area contributed by atoms with E-state index in [1.807, 2.05) is 0 Å². The molecule has 0 atom stereocenters. The predicted molar refractivity (Wildman–Crippen MR) is 96.8 cm³/mol. The molecule has 0 saturated heterocycles. The number of nitrogens with one attached hydrogen (secondary N) is 1. The SMILES string of the molecule is COc1cccc(NC(=O)CN(c2ccccc2OC)S(C)(=O)=O)c1.